The van der Waals surface area contributed by atoms with Gasteiger partial charge in [-0.15, -0.1) is 11.3 Å². The van der Waals surface area contributed by atoms with E-state index in [1.807, 2.05) is 18.5 Å². The highest BCUT2D eigenvalue weighted by atomic mass is 32.1. The van der Waals surface area contributed by atoms with Gasteiger partial charge in [-0.2, -0.15) is 5.10 Å². The standard InChI is InChI=1S/C10H9N3OS/c1-12-6-9-7(3-5-15-9)13-8(10(12)14)2-4-11-13/h2-5H,6H2,1H3. The van der Waals surface area contributed by atoms with Gasteiger partial charge in [0.25, 0.3) is 5.91 Å². The molecule has 0 saturated carbocycles. The molecule has 1 aliphatic rings. The number of fused-ring (bicyclic) bond motifs is 3. The summed E-state index contributed by atoms with van der Waals surface area (Å²) in [5.74, 6) is 0.0240. The number of carbonyl (C=O) groups excluding carboxylic acids is 1. The third-order valence-corrected chi connectivity index (χ3v) is 3.43. The van der Waals surface area contributed by atoms with Gasteiger partial charge in [-0.25, -0.2) is 4.68 Å². The highest BCUT2D eigenvalue weighted by molar-refractivity contribution is 7.10. The van der Waals surface area contributed by atoms with E-state index in [-0.39, 0.29) is 5.91 Å². The van der Waals surface area contributed by atoms with Gasteiger partial charge in [0.15, 0.2) is 0 Å². The molecule has 5 heteroatoms. The average Bonchev–Trinajstić information content (AvgIpc) is 2.81. The lowest BCUT2D eigenvalue weighted by Gasteiger charge is -2.12. The van der Waals surface area contributed by atoms with Crippen molar-refractivity contribution in [2.24, 2.45) is 0 Å². The first-order valence-corrected chi connectivity index (χ1v) is 5.51. The molecular weight excluding hydrogens is 210 g/mol. The Morgan fingerprint density at radius 2 is 2.33 bits per heavy atom. The van der Waals surface area contributed by atoms with E-state index in [0.717, 1.165) is 5.69 Å². The molecule has 0 aromatic carbocycles. The Labute approximate surface area is 90.7 Å². The molecule has 3 rings (SSSR count). The van der Waals surface area contributed by atoms with Crippen LogP contribution in [0.1, 0.15) is 15.4 Å². The van der Waals surface area contributed by atoms with E-state index >= 15 is 0 Å². The Hall–Kier alpha value is -1.62. The van der Waals surface area contributed by atoms with Crippen LogP contribution in [0.15, 0.2) is 23.7 Å². The molecule has 2 aromatic rings. The maximum atomic E-state index is 11.9. The maximum absolute atomic E-state index is 11.9. The molecule has 0 fully saturated rings. The number of nitrogens with zero attached hydrogens (tertiary/aromatic N) is 3. The Morgan fingerprint density at radius 3 is 3.20 bits per heavy atom. The molecule has 0 radical (unpaired) electrons. The van der Waals surface area contributed by atoms with Gasteiger partial charge < -0.3 is 4.90 Å². The average molecular weight is 219 g/mol. The quantitative estimate of drug-likeness (QED) is 0.673. The zero-order valence-electron chi connectivity index (χ0n) is 8.17. The van der Waals surface area contributed by atoms with Crippen LogP contribution in [0.3, 0.4) is 0 Å². The van der Waals surface area contributed by atoms with Crippen LogP contribution in [0.2, 0.25) is 0 Å². The second kappa shape index (κ2) is 2.93. The summed E-state index contributed by atoms with van der Waals surface area (Å²) in [6, 6.07) is 3.76. The van der Waals surface area contributed by atoms with Crippen LogP contribution in [0.5, 0.6) is 0 Å². The second-order valence-electron chi connectivity index (χ2n) is 3.52. The van der Waals surface area contributed by atoms with Gasteiger partial charge in [-0.05, 0) is 17.5 Å². The first-order valence-electron chi connectivity index (χ1n) is 4.63. The number of carbonyl (C=O) groups is 1. The summed E-state index contributed by atoms with van der Waals surface area (Å²) in [4.78, 5) is 14.8. The van der Waals surface area contributed by atoms with Crippen LogP contribution in [0, 0.1) is 0 Å². The molecule has 15 heavy (non-hydrogen) atoms. The van der Waals surface area contributed by atoms with Crippen LogP contribution < -0.4 is 0 Å². The molecule has 4 nitrogen and oxygen atoms in total. The maximum Gasteiger partial charge on any atom is 0.272 e. The Bertz CT molecular complexity index is 528. The summed E-state index contributed by atoms with van der Waals surface area (Å²) >= 11 is 1.66. The second-order valence-corrected chi connectivity index (χ2v) is 4.52. The number of rotatable bonds is 0. The van der Waals surface area contributed by atoms with Crippen LogP contribution in [-0.4, -0.2) is 27.6 Å². The fraction of sp³-hybridized carbons (Fsp3) is 0.200. The van der Waals surface area contributed by atoms with E-state index in [2.05, 4.69) is 5.10 Å². The minimum Gasteiger partial charge on any atom is -0.335 e. The Balaban J connectivity index is 2.30. The molecule has 0 aliphatic carbocycles. The molecule has 0 N–H and O–H groups in total. The van der Waals surface area contributed by atoms with Gasteiger partial charge >= 0.3 is 0 Å². The molecule has 2 aromatic heterocycles. The predicted molar refractivity (Wildman–Crippen MR) is 57.2 cm³/mol. The summed E-state index contributed by atoms with van der Waals surface area (Å²) in [7, 11) is 1.81. The van der Waals surface area contributed by atoms with Crippen molar-refractivity contribution in [3.8, 4) is 5.69 Å². The van der Waals surface area contributed by atoms with Gasteiger partial charge in [0.2, 0.25) is 0 Å². The van der Waals surface area contributed by atoms with E-state index in [9.17, 15) is 4.79 Å². The molecule has 0 saturated heterocycles. The first kappa shape index (κ1) is 8.67. The monoisotopic (exact) mass is 219 g/mol. The van der Waals surface area contributed by atoms with Crippen molar-refractivity contribution in [3.63, 3.8) is 0 Å². The van der Waals surface area contributed by atoms with Crippen molar-refractivity contribution in [3.05, 3.63) is 34.3 Å². The van der Waals surface area contributed by atoms with Gasteiger partial charge in [0.05, 0.1) is 18.4 Å². The molecule has 76 valence electrons. The van der Waals surface area contributed by atoms with Crippen molar-refractivity contribution >= 4 is 17.2 Å². The Kier molecular flexibility index (Phi) is 1.70. The first-order chi connectivity index (χ1) is 7.27. The molecule has 0 bridgehead atoms. The summed E-state index contributed by atoms with van der Waals surface area (Å²) < 4.78 is 1.72. The SMILES string of the molecule is CN1Cc2sccc2-n2nccc2C1=O. The lowest BCUT2D eigenvalue weighted by molar-refractivity contribution is 0.0782. The van der Waals surface area contributed by atoms with Gasteiger partial charge in [-0.1, -0.05) is 0 Å². The number of aromatic nitrogens is 2. The van der Waals surface area contributed by atoms with Crippen molar-refractivity contribution in [2.75, 3.05) is 7.05 Å². The highest BCUT2D eigenvalue weighted by Crippen LogP contribution is 2.26. The number of hydrogen-bond acceptors (Lipinski definition) is 3. The molecule has 1 aliphatic heterocycles. The zero-order chi connectivity index (χ0) is 10.4. The van der Waals surface area contributed by atoms with Crippen molar-refractivity contribution in [1.29, 1.82) is 0 Å². The van der Waals surface area contributed by atoms with E-state index in [1.165, 1.54) is 4.88 Å². The normalized spacial score (nSPS) is 14.7. The van der Waals surface area contributed by atoms with Gasteiger partial charge in [-0.3, -0.25) is 4.79 Å². The molecule has 0 spiro atoms. The van der Waals surface area contributed by atoms with Crippen LogP contribution in [-0.2, 0) is 6.54 Å². The van der Waals surface area contributed by atoms with Crippen molar-refractivity contribution in [1.82, 2.24) is 14.7 Å². The van der Waals surface area contributed by atoms with Gasteiger partial charge in [0, 0.05) is 11.9 Å². The predicted octanol–water partition coefficient (Wildman–Crippen LogP) is 1.52. The summed E-state index contributed by atoms with van der Waals surface area (Å²) in [6.45, 7) is 0.662. The van der Waals surface area contributed by atoms with Crippen LogP contribution in [0.4, 0.5) is 0 Å². The third-order valence-electron chi connectivity index (χ3n) is 2.54. The van der Waals surface area contributed by atoms with E-state index in [0.29, 0.717) is 12.2 Å². The minimum atomic E-state index is 0.0240. The van der Waals surface area contributed by atoms with Gasteiger partial charge in [0.1, 0.15) is 5.69 Å². The summed E-state index contributed by atoms with van der Waals surface area (Å²) in [5.41, 5.74) is 1.66. The summed E-state index contributed by atoms with van der Waals surface area (Å²) in [5, 5.41) is 6.22. The number of amides is 1. The fourth-order valence-electron chi connectivity index (χ4n) is 1.78. The van der Waals surface area contributed by atoms with Crippen molar-refractivity contribution < 1.29 is 4.79 Å². The molecule has 1 amide bonds. The molecule has 3 heterocycles. The third kappa shape index (κ3) is 1.13. The van der Waals surface area contributed by atoms with Crippen LogP contribution in [0.25, 0.3) is 5.69 Å². The summed E-state index contributed by atoms with van der Waals surface area (Å²) in [6.07, 6.45) is 1.66. The smallest absolute Gasteiger partial charge is 0.272 e. The van der Waals surface area contributed by atoms with Crippen molar-refractivity contribution in [2.45, 2.75) is 6.54 Å². The number of thiophene rings is 1. The largest absolute Gasteiger partial charge is 0.335 e. The number of hydrogen-bond donors (Lipinski definition) is 0. The van der Waals surface area contributed by atoms with E-state index < -0.39 is 0 Å². The lowest BCUT2D eigenvalue weighted by Crippen LogP contribution is -2.25. The molecule has 0 unspecified atom stereocenters. The zero-order valence-corrected chi connectivity index (χ0v) is 8.99. The van der Waals surface area contributed by atoms with E-state index in [4.69, 9.17) is 0 Å². The lowest BCUT2D eigenvalue weighted by atomic mass is 10.4. The fourth-order valence-corrected chi connectivity index (χ4v) is 2.69. The highest BCUT2D eigenvalue weighted by Gasteiger charge is 2.24. The van der Waals surface area contributed by atoms with Crippen LogP contribution >= 0.6 is 11.3 Å². The minimum absolute atomic E-state index is 0.0240. The Morgan fingerprint density at radius 1 is 1.47 bits per heavy atom. The topological polar surface area (TPSA) is 38.1 Å². The molecular formula is C10H9N3OS. The van der Waals surface area contributed by atoms with E-state index in [1.54, 1.807) is 33.2 Å². The molecule has 0 atom stereocenters.